The van der Waals surface area contributed by atoms with Gasteiger partial charge in [0.25, 0.3) is 0 Å². The summed E-state index contributed by atoms with van der Waals surface area (Å²) in [4.78, 5) is 16.6. The fourth-order valence-corrected chi connectivity index (χ4v) is 3.30. The van der Waals surface area contributed by atoms with E-state index in [1.54, 1.807) is 19.1 Å². The lowest BCUT2D eigenvalue weighted by atomic mass is 10.1. The summed E-state index contributed by atoms with van der Waals surface area (Å²) in [6, 6.07) is 9.31. The highest BCUT2D eigenvalue weighted by Crippen LogP contribution is 2.35. The van der Waals surface area contributed by atoms with Gasteiger partial charge in [0.05, 0.1) is 11.1 Å². The molecule has 1 heterocycles. The van der Waals surface area contributed by atoms with Crippen LogP contribution >= 0.6 is 11.8 Å². The van der Waals surface area contributed by atoms with Crippen LogP contribution in [0.4, 0.5) is 0 Å². The van der Waals surface area contributed by atoms with Crippen LogP contribution in [0.25, 0.3) is 0 Å². The third-order valence-corrected chi connectivity index (χ3v) is 4.29. The Balaban J connectivity index is 2.60. The van der Waals surface area contributed by atoms with Crippen molar-refractivity contribution in [2.24, 2.45) is 0 Å². The van der Waals surface area contributed by atoms with Crippen LogP contribution in [-0.2, 0) is 0 Å². The minimum atomic E-state index is -1.01. The van der Waals surface area contributed by atoms with Crippen molar-refractivity contribution in [3.63, 3.8) is 0 Å². The molecular formula is C16H14N2O2S. The Labute approximate surface area is 127 Å². The van der Waals surface area contributed by atoms with E-state index in [1.807, 2.05) is 26.0 Å². The van der Waals surface area contributed by atoms with Gasteiger partial charge in [-0.15, -0.1) is 0 Å². The molecule has 0 radical (unpaired) electrons. The number of aromatic carboxylic acids is 1. The highest BCUT2D eigenvalue weighted by atomic mass is 32.2. The number of benzene rings is 1. The molecule has 0 spiro atoms. The maximum Gasteiger partial charge on any atom is 0.338 e. The molecule has 1 N–H and O–H groups in total. The molecule has 4 nitrogen and oxygen atoms in total. The number of hydrogen-bond acceptors (Lipinski definition) is 4. The Kier molecular flexibility index (Phi) is 4.29. The van der Waals surface area contributed by atoms with Crippen molar-refractivity contribution in [2.45, 2.75) is 30.7 Å². The number of carboxylic acid groups (broad SMARTS) is 1. The summed E-state index contributed by atoms with van der Waals surface area (Å²) in [5, 5.41) is 19.0. The standard InChI is InChI=1S/C16H14N2O2S/c1-9-5-4-6-12(8-17)14(9)21-15-13(16(19)20)10(2)7-11(3)18-15/h4-7H,1-3H3,(H,19,20). The molecule has 0 amide bonds. The molecule has 0 unspecified atom stereocenters. The number of nitrogens with zero attached hydrogens (tertiary/aromatic N) is 2. The molecule has 0 fully saturated rings. The topological polar surface area (TPSA) is 74.0 Å². The third kappa shape index (κ3) is 3.06. The molecule has 106 valence electrons. The SMILES string of the molecule is Cc1cc(C)c(C(=O)O)c(Sc2c(C)cccc2C#N)n1. The van der Waals surface area contributed by atoms with Gasteiger partial charge in [-0.3, -0.25) is 0 Å². The zero-order chi connectivity index (χ0) is 15.6. The quantitative estimate of drug-likeness (QED) is 0.934. The van der Waals surface area contributed by atoms with E-state index in [9.17, 15) is 15.2 Å². The smallest absolute Gasteiger partial charge is 0.338 e. The summed E-state index contributed by atoms with van der Waals surface area (Å²) in [6.45, 7) is 5.48. The Hall–Kier alpha value is -2.32. The minimum absolute atomic E-state index is 0.192. The molecule has 0 aliphatic heterocycles. The molecule has 2 rings (SSSR count). The fourth-order valence-electron chi connectivity index (χ4n) is 2.11. The summed E-state index contributed by atoms with van der Waals surface area (Å²) < 4.78 is 0. The first kappa shape index (κ1) is 15.1. The van der Waals surface area contributed by atoms with Crippen molar-refractivity contribution in [3.8, 4) is 6.07 Å². The minimum Gasteiger partial charge on any atom is -0.478 e. The second-order valence-electron chi connectivity index (χ2n) is 4.73. The molecule has 0 aliphatic carbocycles. The lowest BCUT2D eigenvalue weighted by Gasteiger charge is -2.11. The van der Waals surface area contributed by atoms with Crippen LogP contribution in [-0.4, -0.2) is 16.1 Å². The summed E-state index contributed by atoms with van der Waals surface area (Å²) in [7, 11) is 0. The average Bonchev–Trinajstić information content (AvgIpc) is 2.39. The molecule has 1 aromatic carbocycles. The van der Waals surface area contributed by atoms with Crippen LogP contribution in [0.15, 0.2) is 34.2 Å². The normalized spacial score (nSPS) is 10.2. The van der Waals surface area contributed by atoms with Crippen molar-refractivity contribution in [2.75, 3.05) is 0 Å². The fraction of sp³-hybridized carbons (Fsp3) is 0.188. The highest BCUT2D eigenvalue weighted by Gasteiger charge is 2.18. The number of rotatable bonds is 3. The average molecular weight is 298 g/mol. The van der Waals surface area contributed by atoms with Crippen molar-refractivity contribution < 1.29 is 9.90 Å². The number of pyridine rings is 1. The van der Waals surface area contributed by atoms with E-state index in [4.69, 9.17) is 0 Å². The lowest BCUT2D eigenvalue weighted by molar-refractivity contribution is 0.0691. The first-order chi connectivity index (χ1) is 9.93. The summed E-state index contributed by atoms with van der Waals surface area (Å²) in [5.41, 5.74) is 3.07. The van der Waals surface area contributed by atoms with E-state index in [-0.39, 0.29) is 5.56 Å². The Morgan fingerprint density at radius 1 is 1.29 bits per heavy atom. The first-order valence-electron chi connectivity index (χ1n) is 6.33. The molecule has 5 heteroatoms. The Morgan fingerprint density at radius 2 is 2.00 bits per heavy atom. The number of aromatic nitrogens is 1. The number of nitriles is 1. The molecular weight excluding hydrogens is 284 g/mol. The van der Waals surface area contributed by atoms with Crippen LogP contribution in [0.1, 0.15) is 32.7 Å². The number of carbonyl (C=O) groups is 1. The highest BCUT2D eigenvalue weighted by molar-refractivity contribution is 7.99. The number of hydrogen-bond donors (Lipinski definition) is 1. The summed E-state index contributed by atoms with van der Waals surface area (Å²) >= 11 is 1.23. The van der Waals surface area contributed by atoms with Crippen molar-refractivity contribution in [1.82, 2.24) is 4.98 Å². The van der Waals surface area contributed by atoms with Crippen molar-refractivity contribution >= 4 is 17.7 Å². The molecule has 2 aromatic rings. The molecule has 21 heavy (non-hydrogen) atoms. The maximum absolute atomic E-state index is 11.5. The van der Waals surface area contributed by atoms with E-state index in [0.29, 0.717) is 16.2 Å². The number of aryl methyl sites for hydroxylation is 3. The van der Waals surface area contributed by atoms with Gasteiger partial charge < -0.3 is 5.11 Å². The van der Waals surface area contributed by atoms with E-state index >= 15 is 0 Å². The monoisotopic (exact) mass is 298 g/mol. The molecule has 0 atom stereocenters. The zero-order valence-corrected chi connectivity index (χ0v) is 12.8. The van der Waals surface area contributed by atoms with Gasteiger partial charge in [0.2, 0.25) is 0 Å². The van der Waals surface area contributed by atoms with Gasteiger partial charge in [-0.05, 0) is 44.0 Å². The van der Waals surface area contributed by atoms with Crippen LogP contribution < -0.4 is 0 Å². The van der Waals surface area contributed by atoms with E-state index in [1.165, 1.54) is 11.8 Å². The largest absolute Gasteiger partial charge is 0.478 e. The van der Waals surface area contributed by atoms with Crippen molar-refractivity contribution in [3.05, 3.63) is 52.2 Å². The van der Waals surface area contributed by atoms with Crippen LogP contribution in [0, 0.1) is 32.1 Å². The Morgan fingerprint density at radius 3 is 2.62 bits per heavy atom. The van der Waals surface area contributed by atoms with E-state index in [0.717, 1.165) is 16.2 Å². The lowest BCUT2D eigenvalue weighted by Crippen LogP contribution is -2.05. The van der Waals surface area contributed by atoms with Gasteiger partial charge in [0.15, 0.2) is 0 Å². The van der Waals surface area contributed by atoms with E-state index in [2.05, 4.69) is 11.1 Å². The third-order valence-electron chi connectivity index (χ3n) is 3.06. The summed E-state index contributed by atoms with van der Waals surface area (Å²) in [6.07, 6.45) is 0. The van der Waals surface area contributed by atoms with Crippen LogP contribution in [0.3, 0.4) is 0 Å². The Bertz CT molecular complexity index is 764. The number of carboxylic acids is 1. The van der Waals surface area contributed by atoms with Crippen molar-refractivity contribution in [1.29, 1.82) is 5.26 Å². The zero-order valence-electron chi connectivity index (χ0n) is 12.0. The van der Waals surface area contributed by atoms with Crippen LogP contribution in [0.5, 0.6) is 0 Å². The van der Waals surface area contributed by atoms with Crippen LogP contribution in [0.2, 0.25) is 0 Å². The predicted octanol–water partition coefficient (Wildman–Crippen LogP) is 3.73. The van der Waals surface area contributed by atoms with Gasteiger partial charge in [-0.2, -0.15) is 5.26 Å². The molecule has 0 saturated carbocycles. The van der Waals surface area contributed by atoms with Gasteiger partial charge in [0, 0.05) is 10.6 Å². The van der Waals surface area contributed by atoms with Gasteiger partial charge in [0.1, 0.15) is 11.1 Å². The second kappa shape index (κ2) is 5.98. The first-order valence-corrected chi connectivity index (χ1v) is 7.14. The maximum atomic E-state index is 11.5. The molecule has 0 bridgehead atoms. The van der Waals surface area contributed by atoms with E-state index < -0.39 is 5.97 Å². The van der Waals surface area contributed by atoms with Gasteiger partial charge >= 0.3 is 5.97 Å². The molecule has 1 aromatic heterocycles. The van der Waals surface area contributed by atoms with Gasteiger partial charge in [-0.1, -0.05) is 23.9 Å². The predicted molar refractivity (Wildman–Crippen MR) is 80.7 cm³/mol. The molecule has 0 saturated heterocycles. The van der Waals surface area contributed by atoms with Gasteiger partial charge in [-0.25, -0.2) is 9.78 Å². The second-order valence-corrected chi connectivity index (χ2v) is 5.73. The molecule has 0 aliphatic rings. The summed E-state index contributed by atoms with van der Waals surface area (Å²) in [5.74, 6) is -1.01.